The van der Waals surface area contributed by atoms with Crippen molar-refractivity contribution in [2.45, 2.75) is 32.6 Å². The van der Waals surface area contributed by atoms with Gasteiger partial charge in [0.15, 0.2) is 0 Å². The van der Waals surface area contributed by atoms with Gasteiger partial charge in [0.2, 0.25) is 5.91 Å². The molecule has 1 rings (SSSR count). The number of anilines is 1. The summed E-state index contributed by atoms with van der Waals surface area (Å²) in [6.07, 6.45) is 3.12. The van der Waals surface area contributed by atoms with Crippen molar-refractivity contribution in [3.63, 3.8) is 0 Å². The van der Waals surface area contributed by atoms with Crippen molar-refractivity contribution in [3.8, 4) is 0 Å². The molecule has 0 aliphatic heterocycles. The first-order chi connectivity index (χ1) is 9.24. The Morgan fingerprint density at radius 2 is 2.11 bits per heavy atom. The molecular weight excluding hydrogens is 240 g/mol. The number of nitrogens with one attached hydrogen (secondary N) is 1. The summed E-state index contributed by atoms with van der Waals surface area (Å²) in [4.78, 5) is 11.6. The molecule has 4 nitrogen and oxygen atoms in total. The molecular formula is C15H24N2O2. The second-order valence-electron chi connectivity index (χ2n) is 4.45. The average Bonchev–Trinajstić information content (AvgIpc) is 2.42. The summed E-state index contributed by atoms with van der Waals surface area (Å²) < 4.78 is 5.23. The second kappa shape index (κ2) is 9.39. The lowest BCUT2D eigenvalue weighted by Gasteiger charge is -2.07. The van der Waals surface area contributed by atoms with E-state index in [1.54, 1.807) is 0 Å². The predicted octanol–water partition coefficient (Wildman–Crippen LogP) is 2.13. The van der Waals surface area contributed by atoms with Crippen molar-refractivity contribution in [1.29, 1.82) is 0 Å². The summed E-state index contributed by atoms with van der Waals surface area (Å²) in [6.45, 7) is 4.23. The first kappa shape index (κ1) is 15.5. The third-order valence-corrected chi connectivity index (χ3v) is 2.92. The zero-order chi connectivity index (χ0) is 13.9. The number of ether oxygens (including phenoxy) is 1. The lowest BCUT2D eigenvalue weighted by molar-refractivity contribution is -0.121. The maximum atomic E-state index is 11.6. The van der Waals surface area contributed by atoms with Gasteiger partial charge in [0.05, 0.1) is 0 Å². The second-order valence-corrected chi connectivity index (χ2v) is 4.45. The Bertz CT molecular complexity index is 380. The van der Waals surface area contributed by atoms with Crippen LogP contribution in [0.2, 0.25) is 0 Å². The van der Waals surface area contributed by atoms with Crippen LogP contribution in [0.5, 0.6) is 0 Å². The van der Waals surface area contributed by atoms with Crippen molar-refractivity contribution in [1.82, 2.24) is 5.32 Å². The Morgan fingerprint density at radius 3 is 2.84 bits per heavy atom. The van der Waals surface area contributed by atoms with E-state index in [4.69, 9.17) is 10.5 Å². The van der Waals surface area contributed by atoms with Crippen molar-refractivity contribution >= 4 is 11.6 Å². The molecule has 0 saturated heterocycles. The molecule has 4 heteroatoms. The van der Waals surface area contributed by atoms with Crippen LogP contribution in [0.3, 0.4) is 0 Å². The fourth-order valence-corrected chi connectivity index (χ4v) is 1.80. The van der Waals surface area contributed by atoms with Gasteiger partial charge in [0.1, 0.15) is 0 Å². The highest BCUT2D eigenvalue weighted by Crippen LogP contribution is 2.12. The number of rotatable bonds is 9. The standard InChI is InChI=1S/C15H24N2O2/c1-2-19-12-6-5-11-17-15(18)10-9-13-7-3-4-8-14(13)16/h3-4,7-8H,2,5-6,9-12,16H2,1H3,(H,17,18). The molecule has 0 unspecified atom stereocenters. The van der Waals surface area contributed by atoms with Gasteiger partial charge in [-0.1, -0.05) is 18.2 Å². The van der Waals surface area contributed by atoms with Gasteiger partial charge >= 0.3 is 0 Å². The van der Waals surface area contributed by atoms with Gasteiger partial charge in [-0.3, -0.25) is 4.79 Å². The summed E-state index contributed by atoms with van der Waals surface area (Å²) in [7, 11) is 0. The van der Waals surface area contributed by atoms with Gasteiger partial charge in [0.25, 0.3) is 0 Å². The van der Waals surface area contributed by atoms with Crippen LogP contribution in [0, 0.1) is 0 Å². The topological polar surface area (TPSA) is 64.3 Å². The molecule has 19 heavy (non-hydrogen) atoms. The molecule has 0 heterocycles. The third-order valence-electron chi connectivity index (χ3n) is 2.92. The van der Waals surface area contributed by atoms with Crippen molar-refractivity contribution < 1.29 is 9.53 Å². The van der Waals surface area contributed by atoms with Crippen molar-refractivity contribution in [2.75, 3.05) is 25.5 Å². The number of aryl methyl sites for hydroxylation is 1. The monoisotopic (exact) mass is 264 g/mol. The highest BCUT2D eigenvalue weighted by atomic mass is 16.5. The number of nitrogens with two attached hydrogens (primary N) is 1. The molecule has 1 aromatic carbocycles. The van der Waals surface area contributed by atoms with E-state index in [1.807, 2.05) is 31.2 Å². The van der Waals surface area contributed by atoms with Gasteiger partial charge < -0.3 is 15.8 Å². The first-order valence-corrected chi connectivity index (χ1v) is 6.92. The predicted molar refractivity (Wildman–Crippen MR) is 77.9 cm³/mol. The summed E-state index contributed by atoms with van der Waals surface area (Å²) >= 11 is 0. The fourth-order valence-electron chi connectivity index (χ4n) is 1.80. The number of para-hydroxylation sites is 1. The van der Waals surface area contributed by atoms with Gasteiger partial charge in [-0.25, -0.2) is 0 Å². The smallest absolute Gasteiger partial charge is 0.220 e. The zero-order valence-electron chi connectivity index (χ0n) is 11.7. The van der Waals surface area contributed by atoms with Crippen LogP contribution >= 0.6 is 0 Å². The average molecular weight is 264 g/mol. The fraction of sp³-hybridized carbons (Fsp3) is 0.533. The van der Waals surface area contributed by atoms with Gasteiger partial charge in [-0.2, -0.15) is 0 Å². The molecule has 0 aromatic heterocycles. The zero-order valence-corrected chi connectivity index (χ0v) is 11.7. The maximum absolute atomic E-state index is 11.6. The summed E-state index contributed by atoms with van der Waals surface area (Å²) in [6, 6.07) is 7.67. The van der Waals surface area contributed by atoms with Crippen molar-refractivity contribution in [2.24, 2.45) is 0 Å². The third kappa shape index (κ3) is 6.82. The SMILES string of the molecule is CCOCCCCNC(=O)CCc1ccccc1N. The van der Waals surface area contributed by atoms with E-state index in [2.05, 4.69) is 5.32 Å². The number of hydrogen-bond acceptors (Lipinski definition) is 3. The van der Waals surface area contributed by atoms with E-state index in [0.29, 0.717) is 12.8 Å². The minimum Gasteiger partial charge on any atom is -0.399 e. The van der Waals surface area contributed by atoms with Crippen LogP contribution in [0.4, 0.5) is 5.69 Å². The van der Waals surface area contributed by atoms with Gasteiger partial charge in [-0.05, 0) is 37.8 Å². The molecule has 0 bridgehead atoms. The van der Waals surface area contributed by atoms with E-state index in [1.165, 1.54) is 0 Å². The Morgan fingerprint density at radius 1 is 1.32 bits per heavy atom. The molecule has 0 fully saturated rings. The van der Waals surface area contributed by atoms with Crippen LogP contribution in [0.25, 0.3) is 0 Å². The Kier molecular flexibility index (Phi) is 7.66. The number of amides is 1. The maximum Gasteiger partial charge on any atom is 0.220 e. The molecule has 0 spiro atoms. The van der Waals surface area contributed by atoms with Crippen LogP contribution < -0.4 is 11.1 Å². The van der Waals surface area contributed by atoms with E-state index >= 15 is 0 Å². The number of hydrogen-bond donors (Lipinski definition) is 2. The molecule has 0 aliphatic rings. The quantitative estimate of drug-likeness (QED) is 0.530. The van der Waals surface area contributed by atoms with Gasteiger partial charge in [0, 0.05) is 31.9 Å². The molecule has 1 amide bonds. The lowest BCUT2D eigenvalue weighted by Crippen LogP contribution is -2.24. The molecule has 1 aromatic rings. The van der Waals surface area contributed by atoms with E-state index < -0.39 is 0 Å². The summed E-state index contributed by atoms with van der Waals surface area (Å²) in [5.41, 5.74) is 7.62. The summed E-state index contributed by atoms with van der Waals surface area (Å²) in [5.74, 6) is 0.0830. The van der Waals surface area contributed by atoms with E-state index in [9.17, 15) is 4.79 Å². The van der Waals surface area contributed by atoms with Gasteiger partial charge in [-0.15, -0.1) is 0 Å². The molecule has 0 saturated carbocycles. The Balaban J connectivity index is 2.10. The molecule has 0 radical (unpaired) electrons. The number of carbonyl (C=O) groups is 1. The Hall–Kier alpha value is -1.55. The van der Waals surface area contributed by atoms with E-state index in [0.717, 1.165) is 43.9 Å². The molecule has 106 valence electrons. The number of unbranched alkanes of at least 4 members (excludes halogenated alkanes) is 1. The Labute approximate surface area is 115 Å². The van der Waals surface area contributed by atoms with Crippen molar-refractivity contribution in [3.05, 3.63) is 29.8 Å². The van der Waals surface area contributed by atoms with E-state index in [-0.39, 0.29) is 5.91 Å². The molecule has 0 aliphatic carbocycles. The number of benzene rings is 1. The minimum absolute atomic E-state index is 0.0830. The first-order valence-electron chi connectivity index (χ1n) is 6.92. The number of nitrogen functional groups attached to an aromatic ring is 1. The molecule has 3 N–H and O–H groups in total. The lowest BCUT2D eigenvalue weighted by atomic mass is 10.1. The van der Waals surface area contributed by atoms with Crippen LogP contribution in [0.1, 0.15) is 31.7 Å². The highest BCUT2D eigenvalue weighted by molar-refractivity contribution is 5.76. The van der Waals surface area contributed by atoms with Crippen LogP contribution in [-0.2, 0) is 16.0 Å². The van der Waals surface area contributed by atoms with Crippen LogP contribution in [-0.4, -0.2) is 25.7 Å². The largest absolute Gasteiger partial charge is 0.399 e. The van der Waals surface area contributed by atoms with Crippen LogP contribution in [0.15, 0.2) is 24.3 Å². The highest BCUT2D eigenvalue weighted by Gasteiger charge is 2.03. The minimum atomic E-state index is 0.0830. The normalized spacial score (nSPS) is 10.4. The summed E-state index contributed by atoms with van der Waals surface area (Å²) in [5, 5.41) is 2.91. The number of carbonyl (C=O) groups excluding carboxylic acids is 1. The molecule has 0 atom stereocenters.